The molecule has 2 unspecified atom stereocenters. The van der Waals surface area contributed by atoms with Crippen molar-refractivity contribution in [1.82, 2.24) is 15.5 Å². The van der Waals surface area contributed by atoms with Gasteiger partial charge in [0.15, 0.2) is 0 Å². The fourth-order valence-corrected chi connectivity index (χ4v) is 2.88. The van der Waals surface area contributed by atoms with Crippen LogP contribution < -0.4 is 10.6 Å². The Bertz CT molecular complexity index is 366. The van der Waals surface area contributed by atoms with E-state index in [-0.39, 0.29) is 12.1 Å². The molecular weight excluding hydrogens is 246 g/mol. The highest BCUT2D eigenvalue weighted by Gasteiger charge is 2.37. The van der Waals surface area contributed by atoms with Crippen molar-refractivity contribution in [2.75, 3.05) is 19.6 Å². The number of hydrogen-bond donors (Lipinski definition) is 3. The van der Waals surface area contributed by atoms with Crippen LogP contribution in [0.3, 0.4) is 0 Å². The molecule has 2 amide bonds. The molecule has 0 aromatic rings. The van der Waals surface area contributed by atoms with E-state index >= 15 is 0 Å². The molecule has 3 fully saturated rings. The van der Waals surface area contributed by atoms with E-state index in [1.807, 2.05) is 0 Å². The van der Waals surface area contributed by atoms with Crippen molar-refractivity contribution >= 4 is 12.0 Å². The van der Waals surface area contributed by atoms with Crippen LogP contribution in [-0.4, -0.2) is 53.2 Å². The van der Waals surface area contributed by atoms with Crippen molar-refractivity contribution < 1.29 is 14.7 Å². The molecule has 3 N–H and O–H groups in total. The van der Waals surface area contributed by atoms with Crippen LogP contribution in [0.15, 0.2) is 0 Å². The third-order valence-corrected chi connectivity index (χ3v) is 4.54. The van der Waals surface area contributed by atoms with Crippen molar-refractivity contribution in [3.05, 3.63) is 0 Å². The predicted molar refractivity (Wildman–Crippen MR) is 71.0 cm³/mol. The van der Waals surface area contributed by atoms with Gasteiger partial charge in [-0.3, -0.25) is 0 Å². The molecule has 3 rings (SSSR count). The van der Waals surface area contributed by atoms with Gasteiger partial charge in [-0.25, -0.2) is 9.59 Å². The Balaban J connectivity index is 1.89. The summed E-state index contributed by atoms with van der Waals surface area (Å²) in [7, 11) is 0. The van der Waals surface area contributed by atoms with Gasteiger partial charge in [0.2, 0.25) is 0 Å². The molecule has 3 aliphatic heterocycles. The van der Waals surface area contributed by atoms with Gasteiger partial charge in [0.05, 0.1) is 0 Å². The number of nitrogens with one attached hydrogen (secondary N) is 2. The minimum atomic E-state index is -1.20. The molecule has 0 aliphatic carbocycles. The van der Waals surface area contributed by atoms with Gasteiger partial charge in [0, 0.05) is 12.6 Å². The summed E-state index contributed by atoms with van der Waals surface area (Å²) in [6.07, 6.45) is 2.60. The SMILES string of the molecule is CCC(C)(NC(=O)NC1CN2CCC1CC2)C(=O)O. The Morgan fingerprint density at radius 2 is 2.00 bits per heavy atom. The van der Waals surface area contributed by atoms with E-state index in [1.54, 1.807) is 6.92 Å². The van der Waals surface area contributed by atoms with Crippen LogP contribution in [0.1, 0.15) is 33.1 Å². The minimum absolute atomic E-state index is 0.150. The van der Waals surface area contributed by atoms with Gasteiger partial charge in [0.1, 0.15) is 5.54 Å². The Labute approximate surface area is 113 Å². The molecule has 0 aromatic heterocycles. The lowest BCUT2D eigenvalue weighted by molar-refractivity contribution is -0.143. The van der Waals surface area contributed by atoms with Gasteiger partial charge in [-0.2, -0.15) is 0 Å². The molecular formula is C13H23N3O3. The monoisotopic (exact) mass is 269 g/mol. The van der Waals surface area contributed by atoms with Gasteiger partial charge in [-0.1, -0.05) is 6.92 Å². The van der Waals surface area contributed by atoms with Crippen LogP contribution in [0.2, 0.25) is 0 Å². The molecule has 0 radical (unpaired) electrons. The van der Waals surface area contributed by atoms with E-state index in [0.717, 1.165) is 32.5 Å². The third-order valence-electron chi connectivity index (χ3n) is 4.54. The number of nitrogens with zero attached hydrogens (tertiary/aromatic N) is 1. The minimum Gasteiger partial charge on any atom is -0.480 e. The molecule has 3 heterocycles. The highest BCUT2D eigenvalue weighted by atomic mass is 16.4. The summed E-state index contributed by atoms with van der Waals surface area (Å²) in [5.74, 6) is -0.465. The fraction of sp³-hybridized carbons (Fsp3) is 0.846. The smallest absolute Gasteiger partial charge is 0.329 e. The lowest BCUT2D eigenvalue weighted by Crippen LogP contribution is -2.62. The lowest BCUT2D eigenvalue weighted by Gasteiger charge is -2.45. The zero-order valence-electron chi connectivity index (χ0n) is 11.6. The number of urea groups is 1. The van der Waals surface area contributed by atoms with Crippen LogP contribution in [0.5, 0.6) is 0 Å². The molecule has 6 heteroatoms. The lowest BCUT2D eigenvalue weighted by atomic mass is 9.84. The fourth-order valence-electron chi connectivity index (χ4n) is 2.88. The van der Waals surface area contributed by atoms with Crippen LogP contribution >= 0.6 is 0 Å². The first-order valence-electron chi connectivity index (χ1n) is 6.99. The van der Waals surface area contributed by atoms with Crippen molar-refractivity contribution in [1.29, 1.82) is 0 Å². The maximum Gasteiger partial charge on any atom is 0.329 e. The van der Waals surface area contributed by atoms with E-state index in [9.17, 15) is 9.59 Å². The molecule has 19 heavy (non-hydrogen) atoms. The van der Waals surface area contributed by atoms with E-state index in [0.29, 0.717) is 12.3 Å². The third kappa shape index (κ3) is 3.00. The maximum atomic E-state index is 12.0. The first-order chi connectivity index (χ1) is 8.94. The number of carboxylic acid groups (broad SMARTS) is 1. The van der Waals surface area contributed by atoms with Gasteiger partial charge in [0.25, 0.3) is 0 Å². The Kier molecular flexibility index (Phi) is 3.99. The van der Waals surface area contributed by atoms with Crippen molar-refractivity contribution in [3.63, 3.8) is 0 Å². The molecule has 0 saturated carbocycles. The molecule has 2 atom stereocenters. The number of carbonyl (C=O) groups is 2. The van der Waals surface area contributed by atoms with Gasteiger partial charge >= 0.3 is 12.0 Å². The van der Waals surface area contributed by atoms with Crippen molar-refractivity contribution in [3.8, 4) is 0 Å². The molecule has 6 nitrogen and oxygen atoms in total. The van der Waals surface area contributed by atoms with Crippen molar-refractivity contribution in [2.45, 2.75) is 44.7 Å². The van der Waals surface area contributed by atoms with E-state index in [4.69, 9.17) is 5.11 Å². The van der Waals surface area contributed by atoms with E-state index in [1.165, 1.54) is 6.92 Å². The molecule has 0 spiro atoms. The largest absolute Gasteiger partial charge is 0.480 e. The number of fused-ring (bicyclic) bond motifs is 3. The van der Waals surface area contributed by atoms with E-state index in [2.05, 4.69) is 15.5 Å². The molecule has 3 saturated heterocycles. The normalized spacial score (nSPS) is 32.4. The first kappa shape index (κ1) is 14.1. The van der Waals surface area contributed by atoms with Gasteiger partial charge in [-0.05, 0) is 45.2 Å². The summed E-state index contributed by atoms with van der Waals surface area (Å²) in [4.78, 5) is 25.5. The first-order valence-corrected chi connectivity index (χ1v) is 6.99. The summed E-state index contributed by atoms with van der Waals surface area (Å²) >= 11 is 0. The standard InChI is InChI=1S/C13H23N3O3/c1-3-13(2,11(17)18)15-12(19)14-10-8-16-6-4-9(10)5-7-16/h9-10H,3-8H2,1-2H3,(H,17,18)(H2,14,15,19). The number of aliphatic carboxylic acids is 1. The summed E-state index contributed by atoms with van der Waals surface area (Å²) < 4.78 is 0. The summed E-state index contributed by atoms with van der Waals surface area (Å²) in [5.41, 5.74) is -1.20. The average molecular weight is 269 g/mol. The maximum absolute atomic E-state index is 12.0. The van der Waals surface area contributed by atoms with Gasteiger partial charge < -0.3 is 20.6 Å². The van der Waals surface area contributed by atoms with Crippen LogP contribution in [0, 0.1) is 5.92 Å². The number of carboxylic acids is 1. The van der Waals surface area contributed by atoms with Crippen LogP contribution in [-0.2, 0) is 4.79 Å². The Morgan fingerprint density at radius 1 is 1.37 bits per heavy atom. The predicted octanol–water partition coefficient (Wildman–Crippen LogP) is 0.633. The average Bonchev–Trinajstić information content (AvgIpc) is 2.39. The molecule has 108 valence electrons. The number of amides is 2. The number of carbonyl (C=O) groups excluding carboxylic acids is 1. The Hall–Kier alpha value is -1.30. The van der Waals surface area contributed by atoms with E-state index < -0.39 is 11.5 Å². The van der Waals surface area contributed by atoms with Gasteiger partial charge in [-0.15, -0.1) is 0 Å². The summed E-state index contributed by atoms with van der Waals surface area (Å²) in [6, 6.07) is -0.220. The highest BCUT2D eigenvalue weighted by molar-refractivity contribution is 5.85. The second-order valence-corrected chi connectivity index (χ2v) is 5.83. The topological polar surface area (TPSA) is 81.7 Å². The quantitative estimate of drug-likeness (QED) is 0.699. The zero-order chi connectivity index (χ0) is 14.0. The molecule has 3 aliphatic rings. The highest BCUT2D eigenvalue weighted by Crippen LogP contribution is 2.27. The Morgan fingerprint density at radius 3 is 2.42 bits per heavy atom. The summed E-state index contributed by atoms with van der Waals surface area (Å²) in [6.45, 7) is 6.40. The zero-order valence-corrected chi connectivity index (χ0v) is 11.6. The van der Waals surface area contributed by atoms with Crippen LogP contribution in [0.4, 0.5) is 4.79 Å². The van der Waals surface area contributed by atoms with Crippen LogP contribution in [0.25, 0.3) is 0 Å². The number of hydrogen-bond acceptors (Lipinski definition) is 3. The number of rotatable bonds is 4. The molecule has 2 bridgehead atoms. The second kappa shape index (κ2) is 5.36. The second-order valence-electron chi connectivity index (χ2n) is 5.83. The molecule has 0 aromatic carbocycles. The number of piperidine rings is 3. The summed E-state index contributed by atoms with van der Waals surface area (Å²) in [5, 5.41) is 14.7. The van der Waals surface area contributed by atoms with Crippen molar-refractivity contribution in [2.24, 2.45) is 5.92 Å².